The van der Waals surface area contributed by atoms with Crippen molar-refractivity contribution < 1.29 is 9.47 Å². The van der Waals surface area contributed by atoms with Crippen molar-refractivity contribution in [2.24, 2.45) is 0 Å². The van der Waals surface area contributed by atoms with Gasteiger partial charge in [0.2, 0.25) is 0 Å². The highest BCUT2D eigenvalue weighted by Gasteiger charge is 2.19. The van der Waals surface area contributed by atoms with Gasteiger partial charge in [-0.1, -0.05) is 60.7 Å². The average molecular weight is 326 g/mol. The quantitative estimate of drug-likeness (QED) is 0.781. The van der Waals surface area contributed by atoms with Crippen LogP contribution in [0.4, 0.5) is 0 Å². The molecule has 1 fully saturated rings. The standard InChI is InChI=1S/C20H26N2O2/c1-3-7-17(8-4-1)13-23-15-19-11-22-20(12-21-19)16-24-14-18-9-5-2-6-10-18/h1-10,19-22H,11-16H2/t19-,20-/m1/s1. The fourth-order valence-corrected chi connectivity index (χ4v) is 2.78. The summed E-state index contributed by atoms with van der Waals surface area (Å²) in [5, 5.41) is 7.07. The molecule has 0 bridgehead atoms. The third-order valence-electron chi connectivity index (χ3n) is 4.17. The summed E-state index contributed by atoms with van der Waals surface area (Å²) in [4.78, 5) is 0. The molecule has 128 valence electrons. The lowest BCUT2D eigenvalue weighted by molar-refractivity contribution is 0.0680. The molecule has 0 saturated carbocycles. The summed E-state index contributed by atoms with van der Waals surface area (Å²) in [5.41, 5.74) is 2.43. The summed E-state index contributed by atoms with van der Waals surface area (Å²) in [7, 11) is 0. The van der Waals surface area contributed by atoms with E-state index in [1.165, 1.54) is 11.1 Å². The lowest BCUT2D eigenvalue weighted by atomic mass is 10.1. The van der Waals surface area contributed by atoms with Crippen LogP contribution in [0.15, 0.2) is 60.7 Å². The second-order valence-corrected chi connectivity index (χ2v) is 6.21. The van der Waals surface area contributed by atoms with Crippen LogP contribution in [0.2, 0.25) is 0 Å². The highest BCUT2D eigenvalue weighted by atomic mass is 16.5. The molecule has 0 radical (unpaired) electrons. The molecule has 0 aliphatic carbocycles. The van der Waals surface area contributed by atoms with Crippen LogP contribution in [-0.2, 0) is 22.7 Å². The highest BCUT2D eigenvalue weighted by molar-refractivity contribution is 5.14. The molecule has 0 aromatic heterocycles. The van der Waals surface area contributed by atoms with Crippen LogP contribution in [0, 0.1) is 0 Å². The van der Waals surface area contributed by atoms with Crippen LogP contribution in [0.25, 0.3) is 0 Å². The minimum atomic E-state index is 0.360. The highest BCUT2D eigenvalue weighted by Crippen LogP contribution is 2.04. The molecule has 24 heavy (non-hydrogen) atoms. The maximum absolute atomic E-state index is 5.80. The summed E-state index contributed by atoms with van der Waals surface area (Å²) in [6.45, 7) is 4.60. The number of hydrogen-bond donors (Lipinski definition) is 2. The van der Waals surface area contributed by atoms with E-state index in [9.17, 15) is 0 Å². The molecule has 0 spiro atoms. The molecule has 1 heterocycles. The molecule has 2 atom stereocenters. The Bertz CT molecular complexity index is 515. The van der Waals surface area contributed by atoms with Crippen molar-refractivity contribution in [3.63, 3.8) is 0 Å². The lowest BCUT2D eigenvalue weighted by Crippen LogP contribution is -2.57. The van der Waals surface area contributed by atoms with Crippen LogP contribution < -0.4 is 10.6 Å². The van der Waals surface area contributed by atoms with Gasteiger partial charge >= 0.3 is 0 Å². The van der Waals surface area contributed by atoms with Gasteiger partial charge in [0.1, 0.15) is 0 Å². The van der Waals surface area contributed by atoms with Crippen LogP contribution in [-0.4, -0.2) is 38.4 Å². The predicted molar refractivity (Wildman–Crippen MR) is 95.8 cm³/mol. The SMILES string of the molecule is c1ccc(COC[C@H]2CN[C@@H](COCc3ccccc3)CN2)cc1. The van der Waals surface area contributed by atoms with Gasteiger partial charge in [0.05, 0.1) is 26.4 Å². The zero-order valence-corrected chi connectivity index (χ0v) is 14.0. The summed E-state index contributed by atoms with van der Waals surface area (Å²) >= 11 is 0. The second kappa shape index (κ2) is 9.55. The molecule has 4 nitrogen and oxygen atoms in total. The minimum Gasteiger partial charge on any atom is -0.375 e. The van der Waals surface area contributed by atoms with Crippen molar-refractivity contribution in [2.75, 3.05) is 26.3 Å². The fraction of sp³-hybridized carbons (Fsp3) is 0.400. The van der Waals surface area contributed by atoms with Crippen LogP contribution in [0.3, 0.4) is 0 Å². The number of hydrogen-bond acceptors (Lipinski definition) is 4. The molecule has 2 N–H and O–H groups in total. The normalized spacial score (nSPS) is 20.8. The predicted octanol–water partition coefficient (Wildman–Crippen LogP) is 2.35. The number of ether oxygens (including phenoxy) is 2. The van der Waals surface area contributed by atoms with Gasteiger partial charge in [-0.15, -0.1) is 0 Å². The lowest BCUT2D eigenvalue weighted by Gasteiger charge is -2.31. The Morgan fingerprint density at radius 1 is 0.667 bits per heavy atom. The van der Waals surface area contributed by atoms with Crippen molar-refractivity contribution in [3.05, 3.63) is 71.8 Å². The maximum atomic E-state index is 5.80. The summed E-state index contributed by atoms with van der Waals surface area (Å²) in [6, 6.07) is 21.3. The van der Waals surface area contributed by atoms with Gasteiger partial charge in [0.15, 0.2) is 0 Å². The zero-order valence-electron chi connectivity index (χ0n) is 14.0. The van der Waals surface area contributed by atoms with Gasteiger partial charge in [0.25, 0.3) is 0 Å². The van der Waals surface area contributed by atoms with Crippen molar-refractivity contribution in [2.45, 2.75) is 25.3 Å². The molecule has 1 aliphatic heterocycles. The van der Waals surface area contributed by atoms with Gasteiger partial charge in [-0.3, -0.25) is 0 Å². The first-order chi connectivity index (χ1) is 11.9. The Labute approximate surface area is 144 Å². The smallest absolute Gasteiger partial charge is 0.0717 e. The van der Waals surface area contributed by atoms with E-state index in [-0.39, 0.29) is 0 Å². The molecule has 4 heteroatoms. The molecule has 2 aromatic rings. The van der Waals surface area contributed by atoms with Gasteiger partial charge in [0, 0.05) is 25.2 Å². The third kappa shape index (κ3) is 5.73. The van der Waals surface area contributed by atoms with Crippen LogP contribution >= 0.6 is 0 Å². The second-order valence-electron chi connectivity index (χ2n) is 6.21. The van der Waals surface area contributed by atoms with Crippen molar-refractivity contribution in [3.8, 4) is 0 Å². The van der Waals surface area contributed by atoms with E-state index < -0.39 is 0 Å². The number of benzene rings is 2. The van der Waals surface area contributed by atoms with E-state index in [1.54, 1.807) is 0 Å². The molecular weight excluding hydrogens is 300 g/mol. The van der Waals surface area contributed by atoms with Gasteiger partial charge in [-0.2, -0.15) is 0 Å². The Hall–Kier alpha value is -1.72. The fourth-order valence-electron chi connectivity index (χ4n) is 2.78. The monoisotopic (exact) mass is 326 g/mol. The minimum absolute atomic E-state index is 0.360. The van der Waals surface area contributed by atoms with E-state index in [0.29, 0.717) is 25.3 Å². The van der Waals surface area contributed by atoms with E-state index in [0.717, 1.165) is 26.3 Å². The molecule has 3 rings (SSSR count). The van der Waals surface area contributed by atoms with Crippen LogP contribution in [0.1, 0.15) is 11.1 Å². The van der Waals surface area contributed by atoms with Crippen molar-refractivity contribution >= 4 is 0 Å². The summed E-state index contributed by atoms with van der Waals surface area (Å²) < 4.78 is 11.6. The van der Waals surface area contributed by atoms with E-state index in [4.69, 9.17) is 9.47 Å². The number of rotatable bonds is 8. The Kier molecular flexibility index (Phi) is 6.81. The van der Waals surface area contributed by atoms with Crippen molar-refractivity contribution in [1.29, 1.82) is 0 Å². The Morgan fingerprint density at radius 3 is 1.46 bits per heavy atom. The first-order valence-corrected chi connectivity index (χ1v) is 8.60. The topological polar surface area (TPSA) is 42.5 Å². The Morgan fingerprint density at radius 2 is 1.08 bits per heavy atom. The largest absolute Gasteiger partial charge is 0.375 e. The molecule has 0 unspecified atom stereocenters. The van der Waals surface area contributed by atoms with Crippen molar-refractivity contribution in [1.82, 2.24) is 10.6 Å². The first-order valence-electron chi connectivity index (χ1n) is 8.60. The zero-order chi connectivity index (χ0) is 16.5. The average Bonchev–Trinajstić information content (AvgIpc) is 2.65. The molecular formula is C20H26N2O2. The van der Waals surface area contributed by atoms with E-state index in [1.807, 2.05) is 36.4 Å². The summed E-state index contributed by atoms with van der Waals surface area (Å²) in [5.74, 6) is 0. The van der Waals surface area contributed by atoms with Gasteiger partial charge in [-0.05, 0) is 11.1 Å². The third-order valence-corrected chi connectivity index (χ3v) is 4.17. The van der Waals surface area contributed by atoms with Gasteiger partial charge < -0.3 is 20.1 Å². The first kappa shape index (κ1) is 17.1. The van der Waals surface area contributed by atoms with Crippen LogP contribution in [0.5, 0.6) is 0 Å². The number of piperazine rings is 1. The van der Waals surface area contributed by atoms with E-state index in [2.05, 4.69) is 34.9 Å². The number of nitrogens with one attached hydrogen (secondary N) is 2. The van der Waals surface area contributed by atoms with E-state index >= 15 is 0 Å². The molecule has 2 aromatic carbocycles. The molecule has 0 amide bonds. The Balaban J connectivity index is 1.27. The molecule has 1 aliphatic rings. The van der Waals surface area contributed by atoms with Gasteiger partial charge in [-0.25, -0.2) is 0 Å². The summed E-state index contributed by atoms with van der Waals surface area (Å²) in [6.07, 6.45) is 0. The molecule has 1 saturated heterocycles. The maximum Gasteiger partial charge on any atom is 0.0717 e.